The second-order valence-corrected chi connectivity index (χ2v) is 7.73. The van der Waals surface area contributed by atoms with Crippen LogP contribution in [0, 0.1) is 0 Å². The summed E-state index contributed by atoms with van der Waals surface area (Å²) in [5.41, 5.74) is 13.6. The molecule has 0 amide bonds. The molecule has 1 atom stereocenters. The highest BCUT2D eigenvalue weighted by Crippen LogP contribution is 2.30. The number of ether oxygens (including phenoxy) is 1. The van der Waals surface area contributed by atoms with Crippen molar-refractivity contribution in [1.29, 1.82) is 0 Å². The van der Waals surface area contributed by atoms with Crippen molar-refractivity contribution in [1.82, 2.24) is 10.1 Å². The van der Waals surface area contributed by atoms with Gasteiger partial charge >= 0.3 is 5.96 Å². The molecule has 7 heteroatoms. The number of hydrogen-bond acceptors (Lipinski definition) is 4. The largest absolute Gasteiger partial charge is 0.489 e. The Balaban J connectivity index is 1.36. The summed E-state index contributed by atoms with van der Waals surface area (Å²) in [6.45, 7) is 1.34. The molecule has 5 rings (SSSR count). The van der Waals surface area contributed by atoms with Crippen LogP contribution in [0.2, 0.25) is 0 Å². The van der Waals surface area contributed by atoms with E-state index < -0.39 is 0 Å². The van der Waals surface area contributed by atoms with E-state index in [1.807, 2.05) is 53.1 Å². The van der Waals surface area contributed by atoms with Crippen LogP contribution in [0.5, 0.6) is 5.75 Å². The predicted molar refractivity (Wildman–Crippen MR) is 118 cm³/mol. The molecule has 156 valence electrons. The maximum atomic E-state index is 5.94. The highest BCUT2D eigenvalue weighted by Gasteiger charge is 2.31. The summed E-state index contributed by atoms with van der Waals surface area (Å²) in [5, 5.41) is 6.35. The molecule has 1 aromatic heterocycles. The lowest BCUT2D eigenvalue weighted by Gasteiger charge is -2.08. The predicted octanol–water partition coefficient (Wildman–Crippen LogP) is 3.59. The smallest absolute Gasteiger partial charge is 0.341 e. The van der Waals surface area contributed by atoms with Gasteiger partial charge in [0, 0.05) is 5.56 Å². The third-order valence-corrected chi connectivity index (χ3v) is 5.63. The SMILES string of the molecule is NC(N)=[N+]1CCC[C@H]1c1nc(-c2ccc3cc(OCc4ccccc4)ccc3c2)no1. The molecule has 1 saturated heterocycles. The summed E-state index contributed by atoms with van der Waals surface area (Å²) in [6, 6.07) is 22.2. The fourth-order valence-electron chi connectivity index (χ4n) is 4.01. The average molecular weight is 414 g/mol. The molecule has 31 heavy (non-hydrogen) atoms. The van der Waals surface area contributed by atoms with Crippen molar-refractivity contribution in [3.05, 3.63) is 78.2 Å². The van der Waals surface area contributed by atoms with Gasteiger partial charge in [0.25, 0.3) is 5.89 Å². The van der Waals surface area contributed by atoms with Gasteiger partial charge in [-0.2, -0.15) is 4.98 Å². The van der Waals surface area contributed by atoms with Gasteiger partial charge < -0.3 is 9.26 Å². The molecule has 1 aliphatic heterocycles. The topological polar surface area (TPSA) is 103 Å². The summed E-state index contributed by atoms with van der Waals surface area (Å²) in [6.07, 6.45) is 1.88. The molecule has 0 radical (unpaired) electrons. The van der Waals surface area contributed by atoms with E-state index in [9.17, 15) is 0 Å². The fourth-order valence-corrected chi connectivity index (χ4v) is 4.01. The number of rotatable bonds is 5. The minimum absolute atomic E-state index is 0.0592. The van der Waals surface area contributed by atoms with Crippen molar-refractivity contribution >= 4 is 16.7 Å². The molecule has 1 fully saturated rings. The number of hydrogen-bond donors (Lipinski definition) is 2. The van der Waals surface area contributed by atoms with Gasteiger partial charge in [0.05, 0.1) is 6.54 Å². The molecular formula is C24H24N5O2+. The fraction of sp³-hybridized carbons (Fsp3) is 0.208. The Hall–Kier alpha value is -3.87. The number of guanidine groups is 1. The van der Waals surface area contributed by atoms with Crippen LogP contribution in [0.25, 0.3) is 22.2 Å². The van der Waals surface area contributed by atoms with Crippen molar-refractivity contribution in [3.8, 4) is 17.1 Å². The molecular weight excluding hydrogens is 390 g/mol. The number of nitrogens with zero attached hydrogens (tertiary/aromatic N) is 3. The zero-order chi connectivity index (χ0) is 21.2. The van der Waals surface area contributed by atoms with E-state index in [1.165, 1.54) is 0 Å². The van der Waals surface area contributed by atoms with E-state index in [0.717, 1.165) is 47.0 Å². The van der Waals surface area contributed by atoms with Crippen LogP contribution < -0.4 is 16.2 Å². The third-order valence-electron chi connectivity index (χ3n) is 5.63. The second-order valence-electron chi connectivity index (χ2n) is 7.73. The first kappa shape index (κ1) is 19.1. The van der Waals surface area contributed by atoms with Crippen LogP contribution in [-0.2, 0) is 6.61 Å². The van der Waals surface area contributed by atoms with Crippen molar-refractivity contribution in [2.24, 2.45) is 11.5 Å². The van der Waals surface area contributed by atoms with Gasteiger partial charge in [0.15, 0.2) is 6.04 Å². The molecule has 4 aromatic rings. The normalized spacial score (nSPS) is 16.0. The van der Waals surface area contributed by atoms with Crippen LogP contribution >= 0.6 is 0 Å². The number of nitrogens with two attached hydrogens (primary N) is 2. The molecule has 7 nitrogen and oxygen atoms in total. The maximum Gasteiger partial charge on any atom is 0.341 e. The summed E-state index contributed by atoms with van der Waals surface area (Å²) in [5.74, 6) is 2.23. The summed E-state index contributed by atoms with van der Waals surface area (Å²) < 4.78 is 13.4. The van der Waals surface area contributed by atoms with E-state index in [2.05, 4.69) is 28.3 Å². The quantitative estimate of drug-likeness (QED) is 0.382. The van der Waals surface area contributed by atoms with Gasteiger partial charge in [-0.15, -0.1) is 0 Å². The third kappa shape index (κ3) is 3.94. The minimum Gasteiger partial charge on any atom is -0.489 e. The van der Waals surface area contributed by atoms with Gasteiger partial charge in [-0.25, -0.2) is 0 Å². The molecule has 3 aromatic carbocycles. The first-order valence-electron chi connectivity index (χ1n) is 10.4. The van der Waals surface area contributed by atoms with Crippen LogP contribution in [0.1, 0.15) is 30.3 Å². The minimum atomic E-state index is -0.0592. The number of fused-ring (bicyclic) bond motifs is 1. The molecule has 0 spiro atoms. The zero-order valence-corrected chi connectivity index (χ0v) is 17.1. The first-order valence-corrected chi connectivity index (χ1v) is 10.4. The maximum absolute atomic E-state index is 5.94. The summed E-state index contributed by atoms with van der Waals surface area (Å²) in [4.78, 5) is 4.61. The molecule has 0 saturated carbocycles. The lowest BCUT2D eigenvalue weighted by atomic mass is 10.1. The lowest BCUT2D eigenvalue weighted by Crippen LogP contribution is -2.35. The van der Waals surface area contributed by atoms with Crippen molar-refractivity contribution < 1.29 is 13.8 Å². The zero-order valence-electron chi connectivity index (χ0n) is 17.1. The number of benzene rings is 3. The summed E-state index contributed by atoms with van der Waals surface area (Å²) >= 11 is 0. The molecule has 0 bridgehead atoms. The molecule has 0 aliphatic carbocycles. The van der Waals surface area contributed by atoms with Crippen LogP contribution in [-0.4, -0.2) is 27.2 Å². The van der Waals surface area contributed by atoms with Crippen molar-refractivity contribution in [2.75, 3.05) is 6.54 Å². The summed E-state index contributed by atoms with van der Waals surface area (Å²) in [7, 11) is 0. The van der Waals surface area contributed by atoms with Gasteiger partial charge in [-0.1, -0.05) is 53.7 Å². The Kier molecular flexibility index (Phi) is 5.00. The standard InChI is InChI=1S/C24H23N5O2/c25-24(26)29-12-4-7-21(29)23-27-22(28-31-23)19-9-8-18-14-20(11-10-17(18)13-19)30-15-16-5-2-1-3-6-16/h1-3,5-6,8-11,13-14,21H,4,7,12,15H2,(H3,25,26)/p+1/t21-/m0/s1. The van der Waals surface area contributed by atoms with Crippen molar-refractivity contribution in [2.45, 2.75) is 25.5 Å². The van der Waals surface area contributed by atoms with Crippen LogP contribution in [0.4, 0.5) is 0 Å². The van der Waals surface area contributed by atoms with Crippen LogP contribution in [0.3, 0.4) is 0 Å². The van der Waals surface area contributed by atoms with E-state index in [1.54, 1.807) is 0 Å². The highest BCUT2D eigenvalue weighted by atomic mass is 16.5. The van der Waals surface area contributed by atoms with Crippen molar-refractivity contribution in [3.63, 3.8) is 0 Å². The van der Waals surface area contributed by atoms with Gasteiger partial charge in [0.1, 0.15) is 12.4 Å². The van der Waals surface area contributed by atoms with Gasteiger partial charge in [0.2, 0.25) is 5.82 Å². The van der Waals surface area contributed by atoms with E-state index in [4.69, 9.17) is 20.7 Å². The average Bonchev–Trinajstić information content (AvgIpc) is 3.47. The lowest BCUT2D eigenvalue weighted by molar-refractivity contribution is -0.555. The molecule has 0 unspecified atom stereocenters. The van der Waals surface area contributed by atoms with Gasteiger partial charge in [-0.3, -0.25) is 16.0 Å². The molecule has 4 N–H and O–H groups in total. The Morgan fingerprint density at radius 3 is 2.68 bits per heavy atom. The second kappa shape index (κ2) is 8.10. The van der Waals surface area contributed by atoms with E-state index in [0.29, 0.717) is 24.3 Å². The Labute approximate surface area is 179 Å². The van der Waals surface area contributed by atoms with Crippen LogP contribution in [0.15, 0.2) is 71.3 Å². The first-order chi connectivity index (χ1) is 15.2. The van der Waals surface area contributed by atoms with Gasteiger partial charge in [-0.05, 0) is 47.4 Å². The van der Waals surface area contributed by atoms with E-state index >= 15 is 0 Å². The van der Waals surface area contributed by atoms with E-state index in [-0.39, 0.29) is 6.04 Å². The molecule has 2 heterocycles. The monoisotopic (exact) mass is 414 g/mol. The number of aromatic nitrogens is 2. The Morgan fingerprint density at radius 2 is 1.84 bits per heavy atom. The highest BCUT2D eigenvalue weighted by molar-refractivity contribution is 5.87. The Bertz CT molecular complexity index is 1250. The Morgan fingerprint density at radius 1 is 1.03 bits per heavy atom. The molecule has 1 aliphatic rings.